The van der Waals surface area contributed by atoms with E-state index in [1.54, 1.807) is 0 Å². The van der Waals surface area contributed by atoms with Crippen LogP contribution in [0.3, 0.4) is 0 Å². The van der Waals surface area contributed by atoms with E-state index < -0.39 is 0 Å². The van der Waals surface area contributed by atoms with Crippen LogP contribution < -0.4 is 10.2 Å². The average molecular weight is 353 g/mol. The molecular weight excluding hydrogens is 326 g/mol. The molecule has 6 heteroatoms. The van der Waals surface area contributed by atoms with Gasteiger partial charge in [-0.05, 0) is 39.3 Å². The van der Waals surface area contributed by atoms with Crippen molar-refractivity contribution in [2.24, 2.45) is 0 Å². The smallest absolute Gasteiger partial charge is 0.322 e. The van der Waals surface area contributed by atoms with Gasteiger partial charge in [0.1, 0.15) is 11.6 Å². The Hall–Kier alpha value is -2.63. The molecule has 26 heavy (non-hydrogen) atoms. The van der Waals surface area contributed by atoms with Gasteiger partial charge in [-0.15, -0.1) is 0 Å². The SMILES string of the molecule is CCN(C)c1nc(C)nc2c1CN(C(=O)Nc1ccc(C)cc1C)CC2. The summed E-state index contributed by atoms with van der Waals surface area (Å²) < 4.78 is 0. The van der Waals surface area contributed by atoms with Crippen LogP contribution in [-0.2, 0) is 13.0 Å². The third-order valence-electron chi connectivity index (χ3n) is 4.90. The van der Waals surface area contributed by atoms with E-state index in [1.807, 2.05) is 44.9 Å². The molecular formula is C20H27N5O. The molecule has 0 atom stereocenters. The standard InChI is InChI=1S/C20H27N5O/c1-6-24(5)19-16-12-25(10-9-18(16)21-15(4)22-19)20(26)23-17-8-7-13(2)11-14(17)3/h7-8,11H,6,9-10,12H2,1-5H3,(H,23,26). The molecule has 0 radical (unpaired) electrons. The predicted octanol–water partition coefficient (Wildman–Crippen LogP) is 3.45. The molecule has 1 aromatic carbocycles. The number of aryl methyl sites for hydroxylation is 3. The zero-order valence-electron chi connectivity index (χ0n) is 16.3. The maximum atomic E-state index is 12.8. The highest BCUT2D eigenvalue weighted by Crippen LogP contribution is 2.27. The number of carbonyl (C=O) groups excluding carboxylic acids is 1. The highest BCUT2D eigenvalue weighted by molar-refractivity contribution is 5.90. The van der Waals surface area contributed by atoms with Crippen molar-refractivity contribution in [3.05, 3.63) is 46.4 Å². The van der Waals surface area contributed by atoms with Crippen LogP contribution in [0.4, 0.5) is 16.3 Å². The Morgan fingerprint density at radius 2 is 2.04 bits per heavy atom. The number of fused-ring (bicyclic) bond motifs is 1. The second-order valence-electron chi connectivity index (χ2n) is 6.95. The molecule has 0 bridgehead atoms. The molecule has 2 amide bonds. The number of nitrogens with zero attached hydrogens (tertiary/aromatic N) is 4. The summed E-state index contributed by atoms with van der Waals surface area (Å²) in [6.07, 6.45) is 0.754. The molecule has 0 unspecified atom stereocenters. The average Bonchev–Trinajstić information content (AvgIpc) is 2.62. The molecule has 3 rings (SSSR count). The van der Waals surface area contributed by atoms with Gasteiger partial charge in [-0.2, -0.15) is 0 Å². The van der Waals surface area contributed by atoms with Gasteiger partial charge in [0.05, 0.1) is 12.2 Å². The first-order valence-electron chi connectivity index (χ1n) is 9.09. The third kappa shape index (κ3) is 3.64. The molecule has 1 aliphatic heterocycles. The molecule has 2 aromatic rings. The highest BCUT2D eigenvalue weighted by Gasteiger charge is 2.26. The maximum Gasteiger partial charge on any atom is 0.322 e. The number of aromatic nitrogens is 2. The number of hydrogen-bond acceptors (Lipinski definition) is 4. The lowest BCUT2D eigenvalue weighted by molar-refractivity contribution is 0.206. The van der Waals surface area contributed by atoms with Crippen LogP contribution in [0.1, 0.15) is 35.1 Å². The van der Waals surface area contributed by atoms with E-state index in [9.17, 15) is 4.79 Å². The van der Waals surface area contributed by atoms with Crippen LogP contribution in [0.5, 0.6) is 0 Å². The topological polar surface area (TPSA) is 61.4 Å². The molecule has 0 spiro atoms. The fourth-order valence-corrected chi connectivity index (χ4v) is 3.30. The van der Waals surface area contributed by atoms with E-state index in [2.05, 4.69) is 33.2 Å². The predicted molar refractivity (Wildman–Crippen MR) is 105 cm³/mol. The summed E-state index contributed by atoms with van der Waals surface area (Å²) in [6.45, 7) is 10.1. The zero-order chi connectivity index (χ0) is 18.8. The van der Waals surface area contributed by atoms with Gasteiger partial charge in [0.25, 0.3) is 0 Å². The third-order valence-corrected chi connectivity index (χ3v) is 4.90. The van der Waals surface area contributed by atoms with Crippen molar-refractivity contribution in [2.75, 3.05) is 30.4 Å². The van der Waals surface area contributed by atoms with E-state index >= 15 is 0 Å². The van der Waals surface area contributed by atoms with Gasteiger partial charge in [-0.25, -0.2) is 14.8 Å². The number of rotatable bonds is 3. The summed E-state index contributed by atoms with van der Waals surface area (Å²) in [4.78, 5) is 26.0. The lowest BCUT2D eigenvalue weighted by atomic mass is 10.1. The van der Waals surface area contributed by atoms with E-state index in [1.165, 1.54) is 5.56 Å². The Labute approximate surface area is 155 Å². The van der Waals surface area contributed by atoms with Gasteiger partial charge in [0, 0.05) is 37.8 Å². The highest BCUT2D eigenvalue weighted by atomic mass is 16.2. The number of benzene rings is 1. The zero-order valence-corrected chi connectivity index (χ0v) is 16.3. The molecule has 0 saturated carbocycles. The Bertz CT molecular complexity index is 833. The van der Waals surface area contributed by atoms with Crippen LogP contribution >= 0.6 is 0 Å². The van der Waals surface area contributed by atoms with Crippen molar-refractivity contribution >= 4 is 17.5 Å². The first kappa shape index (κ1) is 18.2. The van der Waals surface area contributed by atoms with Crippen LogP contribution in [0, 0.1) is 20.8 Å². The molecule has 1 N–H and O–H groups in total. The Morgan fingerprint density at radius 3 is 2.73 bits per heavy atom. The van der Waals surface area contributed by atoms with Gasteiger partial charge in [-0.1, -0.05) is 17.7 Å². The van der Waals surface area contributed by atoms with E-state index in [-0.39, 0.29) is 6.03 Å². The maximum absolute atomic E-state index is 12.8. The van der Waals surface area contributed by atoms with Crippen molar-refractivity contribution in [3.8, 4) is 0 Å². The molecule has 0 saturated heterocycles. The van der Waals surface area contributed by atoms with Gasteiger partial charge in [0.2, 0.25) is 0 Å². The number of nitrogens with one attached hydrogen (secondary N) is 1. The number of amides is 2. The largest absolute Gasteiger partial charge is 0.360 e. The Morgan fingerprint density at radius 1 is 1.27 bits per heavy atom. The van der Waals surface area contributed by atoms with Gasteiger partial charge < -0.3 is 15.1 Å². The minimum Gasteiger partial charge on any atom is -0.360 e. The second kappa shape index (κ2) is 7.32. The number of carbonyl (C=O) groups is 1. The Kier molecular flexibility index (Phi) is 5.11. The molecule has 1 aliphatic rings. The summed E-state index contributed by atoms with van der Waals surface area (Å²) in [7, 11) is 2.02. The van der Waals surface area contributed by atoms with Crippen molar-refractivity contribution in [1.82, 2.24) is 14.9 Å². The van der Waals surface area contributed by atoms with Crippen molar-refractivity contribution in [2.45, 2.75) is 40.7 Å². The van der Waals surface area contributed by atoms with Crippen LogP contribution in [0.2, 0.25) is 0 Å². The summed E-state index contributed by atoms with van der Waals surface area (Å²) in [6, 6.07) is 5.97. The molecule has 0 aliphatic carbocycles. The first-order chi connectivity index (χ1) is 12.4. The van der Waals surface area contributed by atoms with Gasteiger partial charge >= 0.3 is 6.03 Å². The molecule has 0 fully saturated rings. The fourth-order valence-electron chi connectivity index (χ4n) is 3.30. The fraction of sp³-hybridized carbons (Fsp3) is 0.450. The monoisotopic (exact) mass is 353 g/mol. The Balaban J connectivity index is 1.82. The van der Waals surface area contributed by atoms with Gasteiger partial charge in [-0.3, -0.25) is 0 Å². The van der Waals surface area contributed by atoms with Crippen LogP contribution in [0.25, 0.3) is 0 Å². The van der Waals surface area contributed by atoms with Crippen molar-refractivity contribution in [3.63, 3.8) is 0 Å². The van der Waals surface area contributed by atoms with Crippen molar-refractivity contribution < 1.29 is 4.79 Å². The summed E-state index contributed by atoms with van der Waals surface area (Å²) in [5.41, 5.74) is 5.23. The number of urea groups is 1. The number of hydrogen-bond donors (Lipinski definition) is 1. The molecule has 1 aromatic heterocycles. The van der Waals surface area contributed by atoms with E-state index in [0.29, 0.717) is 13.1 Å². The summed E-state index contributed by atoms with van der Waals surface area (Å²) in [5.74, 6) is 1.71. The first-order valence-corrected chi connectivity index (χ1v) is 9.09. The normalized spacial score (nSPS) is 13.3. The quantitative estimate of drug-likeness (QED) is 0.918. The lowest BCUT2D eigenvalue weighted by Crippen LogP contribution is -2.40. The second-order valence-corrected chi connectivity index (χ2v) is 6.95. The van der Waals surface area contributed by atoms with Crippen molar-refractivity contribution in [1.29, 1.82) is 0 Å². The van der Waals surface area contributed by atoms with Gasteiger partial charge in [0.15, 0.2) is 0 Å². The minimum atomic E-state index is -0.0757. The van der Waals surface area contributed by atoms with Crippen LogP contribution in [0.15, 0.2) is 18.2 Å². The summed E-state index contributed by atoms with van der Waals surface area (Å²) in [5, 5.41) is 3.04. The lowest BCUT2D eigenvalue weighted by Gasteiger charge is -2.31. The van der Waals surface area contributed by atoms with E-state index in [0.717, 1.165) is 47.1 Å². The molecule has 2 heterocycles. The van der Waals surface area contributed by atoms with Crippen LogP contribution in [-0.4, -0.2) is 41.0 Å². The molecule has 6 nitrogen and oxygen atoms in total. The van der Waals surface area contributed by atoms with E-state index in [4.69, 9.17) is 0 Å². The number of anilines is 2. The minimum absolute atomic E-state index is 0.0757. The summed E-state index contributed by atoms with van der Waals surface area (Å²) >= 11 is 0. The molecule has 138 valence electrons.